The van der Waals surface area contributed by atoms with Gasteiger partial charge in [0, 0.05) is 0 Å². The Morgan fingerprint density at radius 2 is 0.820 bits per heavy atom. The highest BCUT2D eigenvalue weighted by Gasteiger charge is 2.22. The topological polar surface area (TPSA) is 89.8 Å². The third kappa shape index (κ3) is 34.7. The van der Waals surface area contributed by atoms with E-state index in [0.29, 0.717) is 6.42 Å². The van der Waals surface area contributed by atoms with Crippen LogP contribution in [0.4, 0.5) is 0 Å². The molecule has 0 aliphatic heterocycles. The molecule has 0 rings (SSSR count). The van der Waals surface area contributed by atoms with Crippen LogP contribution in [0.25, 0.3) is 0 Å². The Bertz CT molecular complexity index is 820. The van der Waals surface area contributed by atoms with Crippen molar-refractivity contribution in [3.8, 4) is 0 Å². The third-order valence-electron chi connectivity index (χ3n) is 9.62. The zero-order valence-corrected chi connectivity index (χ0v) is 33.0. The van der Waals surface area contributed by atoms with Crippen molar-refractivity contribution in [2.24, 2.45) is 0 Å². The molecule has 0 spiro atoms. The summed E-state index contributed by atoms with van der Waals surface area (Å²) in [6.07, 6.45) is 51.4. The molecule has 292 valence electrons. The van der Waals surface area contributed by atoms with Crippen molar-refractivity contribution in [1.29, 1.82) is 0 Å². The maximum Gasteiger partial charge on any atom is 0.249 e. The molecule has 1 amide bonds. The van der Waals surface area contributed by atoms with E-state index in [-0.39, 0.29) is 6.61 Å². The Morgan fingerprint density at radius 3 is 1.26 bits per heavy atom. The van der Waals surface area contributed by atoms with Gasteiger partial charge in [-0.25, -0.2) is 0 Å². The summed E-state index contributed by atoms with van der Waals surface area (Å²) in [6, 6.07) is -0.822. The van der Waals surface area contributed by atoms with E-state index >= 15 is 0 Å². The molecule has 0 fully saturated rings. The van der Waals surface area contributed by atoms with Gasteiger partial charge in [0.1, 0.15) is 6.10 Å². The number of aliphatic hydroxyl groups excluding tert-OH is 3. The minimum atomic E-state index is -1.11. The molecule has 0 saturated heterocycles. The predicted octanol–water partition coefficient (Wildman–Crippen LogP) is 12.2. The average molecular weight is 702 g/mol. The van der Waals surface area contributed by atoms with Gasteiger partial charge in [-0.3, -0.25) is 4.79 Å². The first-order valence-electron chi connectivity index (χ1n) is 21.5. The van der Waals surface area contributed by atoms with Crippen molar-refractivity contribution in [3.05, 3.63) is 48.6 Å². The van der Waals surface area contributed by atoms with Gasteiger partial charge in [0.25, 0.3) is 0 Å². The van der Waals surface area contributed by atoms with Gasteiger partial charge < -0.3 is 20.6 Å². The highest BCUT2D eigenvalue weighted by atomic mass is 16.3. The quantitative estimate of drug-likeness (QED) is 0.0381. The number of aliphatic hydroxyl groups is 3. The number of amides is 1. The van der Waals surface area contributed by atoms with Gasteiger partial charge in [-0.15, -0.1) is 0 Å². The van der Waals surface area contributed by atoms with Crippen LogP contribution in [0.15, 0.2) is 48.6 Å². The van der Waals surface area contributed by atoms with Crippen LogP contribution in [0.3, 0.4) is 0 Å². The summed E-state index contributed by atoms with van der Waals surface area (Å²) in [6.45, 7) is 4.13. The molecule has 0 aromatic carbocycles. The second-order valence-electron chi connectivity index (χ2n) is 14.5. The summed E-state index contributed by atoms with van der Waals surface area (Å²) in [5.74, 6) is -0.522. The highest BCUT2D eigenvalue weighted by molar-refractivity contribution is 5.80. The summed E-state index contributed by atoms with van der Waals surface area (Å²) in [5, 5.41) is 33.0. The minimum Gasteiger partial charge on any atom is -0.394 e. The number of hydrogen-bond acceptors (Lipinski definition) is 4. The molecule has 3 atom stereocenters. The lowest BCUT2D eigenvalue weighted by atomic mass is 10.0. The minimum absolute atomic E-state index is 0.384. The Labute approximate surface area is 310 Å². The molecule has 5 nitrogen and oxygen atoms in total. The summed E-state index contributed by atoms with van der Waals surface area (Å²) in [4.78, 5) is 12.4. The maximum atomic E-state index is 12.4. The van der Waals surface area contributed by atoms with Gasteiger partial charge in [0.05, 0.1) is 18.8 Å². The lowest BCUT2D eigenvalue weighted by Crippen LogP contribution is -2.48. The van der Waals surface area contributed by atoms with E-state index in [2.05, 4.69) is 55.6 Å². The molecule has 0 radical (unpaired) electrons. The van der Waals surface area contributed by atoms with Crippen LogP contribution in [-0.2, 0) is 4.79 Å². The molecule has 0 bridgehead atoms. The van der Waals surface area contributed by atoms with E-state index in [0.717, 1.165) is 44.9 Å². The number of unbranched alkanes of at least 4 members (excludes halogenated alkanes) is 24. The monoisotopic (exact) mass is 702 g/mol. The molecule has 50 heavy (non-hydrogen) atoms. The number of nitrogens with one attached hydrogen (secondary N) is 1. The smallest absolute Gasteiger partial charge is 0.249 e. The first-order chi connectivity index (χ1) is 24.6. The van der Waals surface area contributed by atoms with Crippen molar-refractivity contribution in [2.45, 2.75) is 225 Å². The number of hydrogen-bond donors (Lipinski definition) is 4. The molecule has 0 aliphatic carbocycles. The number of allylic oxidation sites excluding steroid dienone is 7. The van der Waals surface area contributed by atoms with Gasteiger partial charge in [-0.1, -0.05) is 184 Å². The van der Waals surface area contributed by atoms with Gasteiger partial charge in [-0.05, 0) is 70.6 Å². The highest BCUT2D eigenvalue weighted by Crippen LogP contribution is 2.14. The van der Waals surface area contributed by atoms with Gasteiger partial charge in [0.15, 0.2) is 0 Å². The van der Waals surface area contributed by atoms with E-state index in [4.69, 9.17) is 0 Å². The zero-order valence-electron chi connectivity index (χ0n) is 33.0. The Hall–Kier alpha value is -1.69. The molecule has 0 aromatic rings. The first kappa shape index (κ1) is 48.3. The van der Waals surface area contributed by atoms with Gasteiger partial charge >= 0.3 is 0 Å². The standard InChI is InChI=1S/C45H83NO4/c1-3-5-7-9-11-13-15-17-18-19-20-21-22-23-24-25-26-28-30-32-34-36-38-40-44(49)45(50)46-42(41-47)43(48)39-37-35-33-31-29-27-16-14-12-10-8-6-4-2/h12,14,23-24,29,31,37,39,42-44,47-49H,3-11,13,15-22,25-28,30,32-36,38,40-41H2,1-2H3,(H,46,50)/b14-12+,24-23-,31-29+,39-37+. The van der Waals surface area contributed by atoms with E-state index in [1.54, 1.807) is 6.08 Å². The summed E-state index contributed by atoms with van der Waals surface area (Å²) in [7, 11) is 0. The van der Waals surface area contributed by atoms with Crippen molar-refractivity contribution in [2.75, 3.05) is 6.61 Å². The summed E-state index contributed by atoms with van der Waals surface area (Å²) >= 11 is 0. The van der Waals surface area contributed by atoms with Crippen LogP contribution in [0.2, 0.25) is 0 Å². The molecule has 3 unspecified atom stereocenters. The maximum absolute atomic E-state index is 12.4. The molecular weight excluding hydrogens is 618 g/mol. The van der Waals surface area contributed by atoms with E-state index in [9.17, 15) is 20.1 Å². The van der Waals surface area contributed by atoms with Gasteiger partial charge in [-0.2, -0.15) is 0 Å². The number of rotatable bonds is 38. The molecule has 5 heteroatoms. The van der Waals surface area contributed by atoms with Crippen molar-refractivity contribution >= 4 is 5.91 Å². The molecule has 0 heterocycles. The second kappa shape index (κ2) is 40.1. The zero-order chi connectivity index (χ0) is 36.6. The van der Waals surface area contributed by atoms with Crippen molar-refractivity contribution in [3.63, 3.8) is 0 Å². The fourth-order valence-corrected chi connectivity index (χ4v) is 6.21. The second-order valence-corrected chi connectivity index (χ2v) is 14.5. The van der Waals surface area contributed by atoms with E-state index < -0.39 is 24.2 Å². The van der Waals surface area contributed by atoms with Crippen molar-refractivity contribution in [1.82, 2.24) is 5.32 Å². The molecule has 0 aromatic heterocycles. The molecule has 0 saturated carbocycles. The first-order valence-corrected chi connectivity index (χ1v) is 21.5. The van der Waals surface area contributed by atoms with E-state index in [1.165, 1.54) is 141 Å². The Morgan fingerprint density at radius 1 is 0.480 bits per heavy atom. The lowest BCUT2D eigenvalue weighted by molar-refractivity contribution is -0.131. The normalized spacial score (nSPS) is 14.1. The SMILES string of the molecule is CCCCC/C=C/CC/C=C/CC/C=C/C(O)C(CO)NC(=O)C(O)CCCCCCCCC/C=C\CCCCCCCCCCCCCC. The fraction of sp³-hybridized carbons (Fsp3) is 0.800. The van der Waals surface area contributed by atoms with Crippen LogP contribution < -0.4 is 5.32 Å². The van der Waals surface area contributed by atoms with Crippen LogP contribution in [0.1, 0.15) is 206 Å². The van der Waals surface area contributed by atoms with Crippen LogP contribution in [0.5, 0.6) is 0 Å². The van der Waals surface area contributed by atoms with Crippen molar-refractivity contribution < 1.29 is 20.1 Å². The van der Waals surface area contributed by atoms with Crippen LogP contribution >= 0.6 is 0 Å². The molecule has 0 aliphatic rings. The lowest BCUT2D eigenvalue weighted by Gasteiger charge is -2.21. The molecular formula is C45H83NO4. The Balaban J connectivity index is 3.70. The fourth-order valence-electron chi connectivity index (χ4n) is 6.21. The summed E-state index contributed by atoms with van der Waals surface area (Å²) in [5.41, 5.74) is 0. The van der Waals surface area contributed by atoms with Crippen LogP contribution in [0, 0.1) is 0 Å². The predicted molar refractivity (Wildman–Crippen MR) is 217 cm³/mol. The third-order valence-corrected chi connectivity index (χ3v) is 9.62. The van der Waals surface area contributed by atoms with Crippen LogP contribution in [-0.4, -0.2) is 46.1 Å². The Kier molecular flexibility index (Phi) is 38.7. The molecule has 4 N–H and O–H groups in total. The summed E-state index contributed by atoms with van der Waals surface area (Å²) < 4.78 is 0. The van der Waals surface area contributed by atoms with Gasteiger partial charge in [0.2, 0.25) is 5.91 Å². The largest absolute Gasteiger partial charge is 0.394 e. The average Bonchev–Trinajstić information content (AvgIpc) is 3.12. The van der Waals surface area contributed by atoms with E-state index in [1.807, 2.05) is 6.08 Å². The number of carbonyl (C=O) groups is 1. The number of carbonyl (C=O) groups excluding carboxylic acids is 1.